The quantitative estimate of drug-likeness (QED) is 0.599. The molecule has 0 spiro atoms. The molecule has 0 amide bonds. The Morgan fingerprint density at radius 1 is 0.667 bits per heavy atom. The van der Waals surface area contributed by atoms with Crippen molar-refractivity contribution in [3.05, 3.63) is 70.8 Å². The van der Waals surface area contributed by atoms with Crippen molar-refractivity contribution in [2.24, 2.45) is 0 Å². The number of rotatable bonds is 7. The first-order valence-corrected chi connectivity index (χ1v) is 10.1. The molecule has 2 unspecified atom stereocenters. The summed E-state index contributed by atoms with van der Waals surface area (Å²) in [7, 11) is 2.94. The Labute approximate surface area is 151 Å². The molecule has 0 heterocycles. The number of aryl methyl sites for hydroxylation is 2. The van der Waals surface area contributed by atoms with E-state index < -0.39 is 0 Å². The third-order valence-corrected chi connectivity index (χ3v) is 6.94. The summed E-state index contributed by atoms with van der Waals surface area (Å²) in [5.41, 5.74) is 4.30. The largest absolute Gasteiger partial charge is 0.298 e. The van der Waals surface area contributed by atoms with Crippen LogP contribution in [0.2, 0.25) is 0 Å². The van der Waals surface area contributed by atoms with Crippen LogP contribution in [0, 0.1) is 13.8 Å². The molecule has 126 valence electrons. The van der Waals surface area contributed by atoms with Crippen molar-refractivity contribution in [1.29, 1.82) is 0 Å². The lowest BCUT2D eigenvalue weighted by Gasteiger charge is -2.18. The van der Waals surface area contributed by atoms with Crippen molar-refractivity contribution >= 4 is 33.2 Å². The summed E-state index contributed by atoms with van der Waals surface area (Å²) in [6.45, 7) is 7.26. The molecule has 2 atom stereocenters. The predicted octanol–water partition coefficient (Wildman–Crippen LogP) is 5.65. The molecule has 0 aliphatic carbocycles. The summed E-state index contributed by atoms with van der Waals surface area (Å²) in [6.07, 6.45) is 0. The van der Waals surface area contributed by atoms with Gasteiger partial charge in [0.25, 0.3) is 0 Å². The van der Waals surface area contributed by atoms with Crippen LogP contribution >= 0.6 is 21.6 Å². The minimum absolute atomic E-state index is 0.0996. The fraction of sp³-hybridized carbons (Fsp3) is 0.300. The SMILES string of the molecule is CC(=O)C(SSC(C(C)=O)c1ccc(C)cc1)c1ccc(C)cc1. The molecular weight excluding hydrogens is 336 g/mol. The van der Waals surface area contributed by atoms with Crippen molar-refractivity contribution in [3.63, 3.8) is 0 Å². The summed E-state index contributed by atoms with van der Waals surface area (Å²) in [5, 5.41) is -0.522. The van der Waals surface area contributed by atoms with Crippen LogP contribution in [-0.4, -0.2) is 11.6 Å². The van der Waals surface area contributed by atoms with E-state index in [1.54, 1.807) is 13.8 Å². The number of carbonyl (C=O) groups is 2. The van der Waals surface area contributed by atoms with E-state index in [4.69, 9.17) is 0 Å². The third kappa shape index (κ3) is 4.99. The molecule has 0 saturated heterocycles. The average Bonchev–Trinajstić information content (AvgIpc) is 2.53. The van der Waals surface area contributed by atoms with Gasteiger partial charge in [-0.05, 0) is 38.8 Å². The van der Waals surface area contributed by atoms with Gasteiger partial charge in [-0.1, -0.05) is 81.2 Å². The first-order valence-electron chi connectivity index (χ1n) is 7.84. The summed E-state index contributed by atoms with van der Waals surface area (Å²) in [6, 6.07) is 16.0. The number of ketones is 2. The molecule has 0 saturated carbocycles. The molecule has 2 nitrogen and oxygen atoms in total. The maximum atomic E-state index is 12.1. The highest BCUT2D eigenvalue weighted by Gasteiger charge is 2.23. The molecule has 2 aromatic carbocycles. The van der Waals surface area contributed by atoms with E-state index in [-0.39, 0.29) is 22.1 Å². The Kier molecular flexibility index (Phi) is 6.69. The Bertz CT molecular complexity index is 642. The van der Waals surface area contributed by atoms with Crippen LogP contribution in [-0.2, 0) is 9.59 Å². The monoisotopic (exact) mass is 358 g/mol. The molecular formula is C20H22O2S2. The van der Waals surface area contributed by atoms with Crippen molar-refractivity contribution in [2.45, 2.75) is 38.2 Å². The van der Waals surface area contributed by atoms with Crippen LogP contribution in [0.3, 0.4) is 0 Å². The van der Waals surface area contributed by atoms with E-state index >= 15 is 0 Å². The van der Waals surface area contributed by atoms with Crippen molar-refractivity contribution in [2.75, 3.05) is 0 Å². The van der Waals surface area contributed by atoms with Crippen molar-refractivity contribution in [1.82, 2.24) is 0 Å². The molecule has 0 aliphatic rings. The van der Waals surface area contributed by atoms with E-state index in [0.717, 1.165) is 11.1 Å². The molecule has 0 aromatic heterocycles. The fourth-order valence-electron chi connectivity index (χ4n) is 2.31. The molecule has 0 aliphatic heterocycles. The van der Waals surface area contributed by atoms with Gasteiger partial charge in [0.2, 0.25) is 0 Å². The van der Waals surface area contributed by atoms with Gasteiger partial charge in [0.15, 0.2) is 0 Å². The number of hydrogen-bond donors (Lipinski definition) is 0. The second-order valence-corrected chi connectivity index (χ2v) is 8.48. The lowest BCUT2D eigenvalue weighted by molar-refractivity contribution is -0.117. The number of hydrogen-bond acceptors (Lipinski definition) is 4. The van der Waals surface area contributed by atoms with E-state index in [0.29, 0.717) is 0 Å². The number of Topliss-reactive ketones (excluding diaryl/α,β-unsaturated/α-hetero) is 2. The molecule has 0 N–H and O–H groups in total. The Hall–Kier alpha value is -1.52. The first-order chi connectivity index (χ1) is 11.4. The van der Waals surface area contributed by atoms with Crippen LogP contribution in [0.25, 0.3) is 0 Å². The van der Waals surface area contributed by atoms with Gasteiger partial charge in [-0.15, -0.1) is 0 Å². The van der Waals surface area contributed by atoms with Gasteiger partial charge in [-0.3, -0.25) is 9.59 Å². The van der Waals surface area contributed by atoms with Gasteiger partial charge in [-0.2, -0.15) is 0 Å². The zero-order valence-electron chi connectivity index (χ0n) is 14.4. The van der Waals surface area contributed by atoms with Crippen LogP contribution in [0.15, 0.2) is 48.5 Å². The van der Waals surface area contributed by atoms with E-state index in [1.165, 1.54) is 32.7 Å². The van der Waals surface area contributed by atoms with Crippen molar-refractivity contribution < 1.29 is 9.59 Å². The molecule has 2 aromatic rings. The molecule has 24 heavy (non-hydrogen) atoms. The highest BCUT2D eigenvalue weighted by atomic mass is 33.1. The van der Waals surface area contributed by atoms with Crippen LogP contribution in [0.1, 0.15) is 46.6 Å². The standard InChI is InChI=1S/C20H22O2S2/c1-13-5-9-17(10-6-13)19(15(3)21)23-24-20(16(4)22)18-11-7-14(2)8-12-18/h5-12,19-20H,1-4H3. The second kappa shape index (κ2) is 8.54. The lowest BCUT2D eigenvalue weighted by atomic mass is 10.1. The average molecular weight is 359 g/mol. The van der Waals surface area contributed by atoms with E-state index in [9.17, 15) is 9.59 Å². The maximum Gasteiger partial charge on any atom is 0.148 e. The zero-order chi connectivity index (χ0) is 17.7. The summed E-state index contributed by atoms with van der Waals surface area (Å²) in [5.74, 6) is 0.199. The first kappa shape index (κ1) is 18.8. The van der Waals surface area contributed by atoms with Gasteiger partial charge in [-0.25, -0.2) is 0 Å². The number of benzene rings is 2. The smallest absolute Gasteiger partial charge is 0.148 e. The lowest BCUT2D eigenvalue weighted by Crippen LogP contribution is -2.07. The predicted molar refractivity (Wildman–Crippen MR) is 104 cm³/mol. The van der Waals surface area contributed by atoms with Gasteiger partial charge in [0.1, 0.15) is 11.6 Å². The molecule has 4 heteroatoms. The normalized spacial score (nSPS) is 13.3. The van der Waals surface area contributed by atoms with Gasteiger partial charge < -0.3 is 0 Å². The Balaban J connectivity index is 2.16. The Morgan fingerprint density at radius 2 is 0.958 bits per heavy atom. The topological polar surface area (TPSA) is 34.1 Å². The van der Waals surface area contributed by atoms with E-state index in [1.807, 2.05) is 62.4 Å². The minimum Gasteiger partial charge on any atom is -0.298 e. The summed E-state index contributed by atoms with van der Waals surface area (Å²) < 4.78 is 0. The highest BCUT2D eigenvalue weighted by molar-refractivity contribution is 8.77. The minimum atomic E-state index is -0.261. The number of carbonyl (C=O) groups excluding carboxylic acids is 2. The third-order valence-electron chi connectivity index (χ3n) is 3.75. The molecule has 0 fully saturated rings. The van der Waals surface area contributed by atoms with E-state index in [2.05, 4.69) is 0 Å². The maximum absolute atomic E-state index is 12.1. The van der Waals surface area contributed by atoms with Crippen LogP contribution in [0.4, 0.5) is 0 Å². The highest BCUT2D eigenvalue weighted by Crippen LogP contribution is 2.46. The zero-order valence-corrected chi connectivity index (χ0v) is 16.0. The summed E-state index contributed by atoms with van der Waals surface area (Å²) >= 11 is 0. The van der Waals surface area contributed by atoms with Gasteiger partial charge in [0, 0.05) is 0 Å². The van der Waals surface area contributed by atoms with Crippen molar-refractivity contribution in [3.8, 4) is 0 Å². The van der Waals surface area contributed by atoms with Crippen LogP contribution < -0.4 is 0 Å². The molecule has 0 bridgehead atoms. The Morgan fingerprint density at radius 3 is 1.21 bits per heavy atom. The molecule has 0 radical (unpaired) electrons. The van der Waals surface area contributed by atoms with Gasteiger partial charge in [0.05, 0.1) is 10.5 Å². The second-order valence-electron chi connectivity index (χ2n) is 6.00. The summed E-state index contributed by atoms with van der Waals surface area (Å²) in [4.78, 5) is 24.1. The van der Waals surface area contributed by atoms with Crippen LogP contribution in [0.5, 0.6) is 0 Å². The van der Waals surface area contributed by atoms with Gasteiger partial charge >= 0.3 is 0 Å². The fourth-order valence-corrected chi connectivity index (χ4v) is 5.49. The molecule has 2 rings (SSSR count).